The molecule has 2 N–H and O–H groups in total. The molecule has 0 unspecified atom stereocenters. The first-order valence-corrected chi connectivity index (χ1v) is 8.40. The molecule has 0 fully saturated rings. The van der Waals surface area contributed by atoms with Crippen molar-refractivity contribution in [2.45, 2.75) is 13.5 Å². The monoisotopic (exact) mass is 384 g/mol. The molecule has 0 aliphatic rings. The van der Waals surface area contributed by atoms with E-state index in [0.717, 1.165) is 6.08 Å². The van der Waals surface area contributed by atoms with Gasteiger partial charge in [0.1, 0.15) is 12.1 Å². The number of halogens is 1. The average Bonchev–Trinajstić information content (AvgIpc) is 3.32. The largest absolute Gasteiger partial charge is 0.504 e. The summed E-state index contributed by atoms with van der Waals surface area (Å²) in [7, 11) is 0. The van der Waals surface area contributed by atoms with Crippen LogP contribution < -0.4 is 0 Å². The number of esters is 1. The smallest absolute Gasteiger partial charge is 0.339 e. The number of H-pyrrole nitrogens is 1. The molecule has 0 spiro atoms. The Balaban J connectivity index is 1.96. The third-order valence-corrected chi connectivity index (χ3v) is 3.81. The van der Waals surface area contributed by atoms with Gasteiger partial charge in [0.15, 0.2) is 5.76 Å². The van der Waals surface area contributed by atoms with Gasteiger partial charge in [0, 0.05) is 18.8 Å². The zero-order valence-corrected chi connectivity index (χ0v) is 14.9. The van der Waals surface area contributed by atoms with Crippen molar-refractivity contribution in [1.29, 1.82) is 0 Å². The average molecular weight is 384 g/mol. The van der Waals surface area contributed by atoms with Gasteiger partial charge in [0.2, 0.25) is 11.6 Å². The van der Waals surface area contributed by atoms with Gasteiger partial charge in [-0.05, 0) is 30.7 Å². The molecular formula is C19H17FN4O4. The number of ether oxygens (including phenoxy) is 1. The number of allylic oxidation sites excluding steroid dienone is 1. The molecule has 2 aromatic heterocycles. The summed E-state index contributed by atoms with van der Waals surface area (Å²) in [5.41, 5.74) is 0.893. The number of carbonyl (C=O) groups is 2. The number of aromatic nitrogens is 4. The molecule has 3 aromatic rings. The summed E-state index contributed by atoms with van der Waals surface area (Å²) >= 11 is 0. The first kappa shape index (κ1) is 19.0. The van der Waals surface area contributed by atoms with Gasteiger partial charge in [-0.1, -0.05) is 12.1 Å². The van der Waals surface area contributed by atoms with Crippen molar-refractivity contribution in [3.63, 3.8) is 0 Å². The van der Waals surface area contributed by atoms with E-state index in [-0.39, 0.29) is 30.2 Å². The highest BCUT2D eigenvalue weighted by atomic mass is 19.1. The molecule has 28 heavy (non-hydrogen) atoms. The van der Waals surface area contributed by atoms with Crippen molar-refractivity contribution >= 4 is 17.5 Å². The summed E-state index contributed by atoms with van der Waals surface area (Å²) in [6, 6.07) is 7.26. The zero-order chi connectivity index (χ0) is 20.1. The van der Waals surface area contributed by atoms with Crippen LogP contribution in [0.4, 0.5) is 4.39 Å². The molecule has 8 nitrogen and oxygen atoms in total. The maximum atomic E-state index is 13.5. The Morgan fingerprint density at radius 2 is 2.18 bits per heavy atom. The summed E-state index contributed by atoms with van der Waals surface area (Å²) in [5.74, 6) is -2.04. The van der Waals surface area contributed by atoms with Crippen LogP contribution in [-0.4, -0.2) is 43.2 Å². The van der Waals surface area contributed by atoms with Gasteiger partial charge in [0.25, 0.3) is 0 Å². The fourth-order valence-electron chi connectivity index (χ4n) is 2.60. The second-order valence-electron chi connectivity index (χ2n) is 5.81. The van der Waals surface area contributed by atoms with Crippen LogP contribution in [0.25, 0.3) is 5.76 Å². The van der Waals surface area contributed by atoms with E-state index in [0.29, 0.717) is 5.56 Å². The predicted molar refractivity (Wildman–Crippen MR) is 97.2 cm³/mol. The first-order chi connectivity index (χ1) is 13.5. The minimum Gasteiger partial charge on any atom is -0.504 e. The summed E-state index contributed by atoms with van der Waals surface area (Å²) in [6.45, 7) is 2.00. The van der Waals surface area contributed by atoms with E-state index in [1.807, 2.05) is 0 Å². The van der Waals surface area contributed by atoms with E-state index < -0.39 is 23.3 Å². The molecule has 9 heteroatoms. The number of ketones is 1. The number of hydrogen-bond donors (Lipinski definition) is 2. The van der Waals surface area contributed by atoms with Gasteiger partial charge in [0.05, 0.1) is 17.9 Å². The molecule has 3 rings (SSSR count). The number of hydrogen-bond acceptors (Lipinski definition) is 6. The van der Waals surface area contributed by atoms with Crippen molar-refractivity contribution in [2.75, 3.05) is 6.61 Å². The lowest BCUT2D eigenvalue weighted by molar-refractivity contribution is 0.0526. The van der Waals surface area contributed by atoms with Crippen molar-refractivity contribution in [1.82, 2.24) is 19.7 Å². The van der Waals surface area contributed by atoms with E-state index in [1.165, 1.54) is 35.3 Å². The molecule has 144 valence electrons. The Hall–Kier alpha value is -3.75. The summed E-state index contributed by atoms with van der Waals surface area (Å²) in [5, 5.41) is 16.1. The summed E-state index contributed by atoms with van der Waals surface area (Å²) in [6.07, 6.45) is 3.67. The summed E-state index contributed by atoms with van der Waals surface area (Å²) in [4.78, 5) is 28.5. The van der Waals surface area contributed by atoms with Gasteiger partial charge in [-0.15, -0.1) is 0 Å². The SMILES string of the molecule is CCOC(=O)c1cc(C(=O)C=C(O)c2nc[nH]n2)n(Cc2cccc(F)c2)c1. The lowest BCUT2D eigenvalue weighted by atomic mass is 10.2. The van der Waals surface area contributed by atoms with E-state index >= 15 is 0 Å². The number of aliphatic hydroxyl groups excluding tert-OH is 1. The van der Waals surface area contributed by atoms with Crippen LogP contribution in [0.3, 0.4) is 0 Å². The molecule has 1 aromatic carbocycles. The van der Waals surface area contributed by atoms with E-state index in [4.69, 9.17) is 4.74 Å². The topological polar surface area (TPSA) is 110 Å². The summed E-state index contributed by atoms with van der Waals surface area (Å²) < 4.78 is 19.9. The Morgan fingerprint density at radius 3 is 2.86 bits per heavy atom. The van der Waals surface area contributed by atoms with Gasteiger partial charge in [-0.2, -0.15) is 5.10 Å². The number of aromatic amines is 1. The maximum absolute atomic E-state index is 13.5. The minimum atomic E-state index is -0.586. The van der Waals surface area contributed by atoms with Crippen LogP contribution in [0.1, 0.15) is 39.2 Å². The molecule has 0 aliphatic carbocycles. The number of nitrogens with one attached hydrogen (secondary N) is 1. The molecule has 2 heterocycles. The van der Waals surface area contributed by atoms with E-state index in [1.54, 1.807) is 19.1 Å². The van der Waals surface area contributed by atoms with Crippen molar-refractivity contribution in [3.05, 3.63) is 77.4 Å². The number of rotatable bonds is 7. The van der Waals surface area contributed by atoms with Crippen LogP contribution in [-0.2, 0) is 11.3 Å². The van der Waals surface area contributed by atoms with Crippen LogP contribution in [0.2, 0.25) is 0 Å². The maximum Gasteiger partial charge on any atom is 0.339 e. The number of nitrogens with zero attached hydrogens (tertiary/aromatic N) is 3. The molecule has 0 aliphatic heterocycles. The van der Waals surface area contributed by atoms with Crippen molar-refractivity contribution in [3.8, 4) is 0 Å². The van der Waals surface area contributed by atoms with Gasteiger partial charge < -0.3 is 14.4 Å². The fraction of sp³-hybridized carbons (Fsp3) is 0.158. The Bertz CT molecular complexity index is 1020. The van der Waals surface area contributed by atoms with Crippen LogP contribution in [0.5, 0.6) is 0 Å². The van der Waals surface area contributed by atoms with Gasteiger partial charge >= 0.3 is 5.97 Å². The highest BCUT2D eigenvalue weighted by Gasteiger charge is 2.19. The number of carbonyl (C=O) groups excluding carboxylic acids is 2. The van der Waals surface area contributed by atoms with Crippen LogP contribution >= 0.6 is 0 Å². The highest BCUT2D eigenvalue weighted by molar-refractivity contribution is 6.08. The lowest BCUT2D eigenvalue weighted by Crippen LogP contribution is -2.08. The van der Waals surface area contributed by atoms with Gasteiger partial charge in [-0.3, -0.25) is 9.89 Å². The molecular weight excluding hydrogens is 367 g/mol. The second kappa shape index (κ2) is 8.30. The van der Waals surface area contributed by atoms with Crippen LogP contribution in [0, 0.1) is 5.82 Å². The van der Waals surface area contributed by atoms with Crippen LogP contribution in [0.15, 0.2) is 48.9 Å². The Kier molecular flexibility index (Phi) is 5.64. The van der Waals surface area contributed by atoms with E-state index in [2.05, 4.69) is 15.2 Å². The highest BCUT2D eigenvalue weighted by Crippen LogP contribution is 2.16. The Labute approximate surface area is 159 Å². The number of aliphatic hydroxyl groups is 1. The third-order valence-electron chi connectivity index (χ3n) is 3.81. The molecule has 0 saturated carbocycles. The molecule has 0 amide bonds. The normalized spacial score (nSPS) is 11.4. The Morgan fingerprint density at radius 1 is 1.36 bits per heavy atom. The predicted octanol–water partition coefficient (Wildman–Crippen LogP) is 2.75. The second-order valence-corrected chi connectivity index (χ2v) is 5.81. The number of benzene rings is 1. The minimum absolute atomic E-state index is 0.0396. The first-order valence-electron chi connectivity index (χ1n) is 8.40. The van der Waals surface area contributed by atoms with Gasteiger partial charge in [-0.25, -0.2) is 14.2 Å². The van der Waals surface area contributed by atoms with Crippen molar-refractivity contribution in [2.24, 2.45) is 0 Å². The molecule has 0 bridgehead atoms. The van der Waals surface area contributed by atoms with E-state index in [9.17, 15) is 19.1 Å². The molecule has 0 radical (unpaired) electrons. The quantitative estimate of drug-likeness (QED) is 0.281. The standard InChI is InChI=1S/C19H17FN4O4/c1-2-28-19(27)13-7-15(16(25)8-17(26)18-21-11-22-23-18)24(10-13)9-12-4-3-5-14(20)6-12/h3-8,10-11,26H,2,9H2,1H3,(H,21,22,23). The fourth-order valence-corrected chi connectivity index (χ4v) is 2.60. The molecule has 0 atom stereocenters. The van der Waals surface area contributed by atoms with Crippen molar-refractivity contribution < 1.29 is 23.8 Å². The lowest BCUT2D eigenvalue weighted by Gasteiger charge is -2.07. The zero-order valence-electron chi connectivity index (χ0n) is 14.9. The third kappa shape index (κ3) is 4.32. The molecule has 0 saturated heterocycles.